The molecule has 2 heterocycles. The number of nitrogens with two attached hydrogens (primary N) is 1. The normalized spacial score (nSPS) is 24.4. The molecule has 5 heteroatoms. The molecule has 0 saturated carbocycles. The summed E-state index contributed by atoms with van der Waals surface area (Å²) in [7, 11) is 2.10. The summed E-state index contributed by atoms with van der Waals surface area (Å²) in [5.74, 6) is 0.110. The molecule has 0 unspecified atom stereocenters. The van der Waals surface area contributed by atoms with Gasteiger partial charge in [0, 0.05) is 19.0 Å². The molecule has 4 rings (SSSR count). The second-order valence-corrected chi connectivity index (χ2v) is 6.91. The van der Waals surface area contributed by atoms with Crippen molar-refractivity contribution in [3.05, 3.63) is 77.4 Å². The average Bonchev–Trinajstić information content (AvgIpc) is 3.03. The highest BCUT2D eigenvalue weighted by atomic mass is 16.2. The fourth-order valence-corrected chi connectivity index (χ4v) is 3.91. The minimum Gasteiger partial charge on any atom is -0.350 e. The van der Waals surface area contributed by atoms with Crippen LogP contribution < -0.4 is 5.73 Å². The molecule has 2 atom stereocenters. The largest absolute Gasteiger partial charge is 0.350 e. The van der Waals surface area contributed by atoms with E-state index in [9.17, 15) is 4.79 Å². The number of likely N-dealkylation sites (tertiary alicyclic amines) is 1. The topological polar surface area (TPSA) is 61.9 Å². The Kier molecular flexibility index (Phi) is 4.31. The molecule has 2 aromatic rings. The maximum atomic E-state index is 12.1. The fraction of sp³-hybridized carbons (Fsp3) is 0.238. The van der Waals surface area contributed by atoms with E-state index < -0.39 is 6.03 Å². The first-order valence-electron chi connectivity index (χ1n) is 8.80. The van der Waals surface area contributed by atoms with Crippen molar-refractivity contribution < 1.29 is 4.79 Å². The Hall–Kier alpha value is -2.92. The molecular formula is C21H22N4O. The number of amides is 2. The van der Waals surface area contributed by atoms with E-state index in [0.717, 1.165) is 35.5 Å². The lowest BCUT2D eigenvalue weighted by Crippen LogP contribution is -2.42. The molecule has 0 aliphatic carbocycles. The summed E-state index contributed by atoms with van der Waals surface area (Å²) in [6.07, 6.45) is 2.16. The second-order valence-electron chi connectivity index (χ2n) is 6.91. The van der Waals surface area contributed by atoms with E-state index in [1.807, 2.05) is 48.5 Å². The summed E-state index contributed by atoms with van der Waals surface area (Å²) in [6, 6.07) is 19.5. The van der Waals surface area contributed by atoms with Gasteiger partial charge in [-0.05, 0) is 29.8 Å². The van der Waals surface area contributed by atoms with Crippen LogP contribution in [0.2, 0.25) is 0 Å². The van der Waals surface area contributed by atoms with Gasteiger partial charge >= 0.3 is 6.03 Å². The maximum Gasteiger partial charge on any atom is 0.335 e. The highest BCUT2D eigenvalue weighted by Crippen LogP contribution is 2.40. The second kappa shape index (κ2) is 6.77. The van der Waals surface area contributed by atoms with Crippen LogP contribution in [0.4, 0.5) is 4.79 Å². The molecule has 0 radical (unpaired) electrons. The third-order valence-corrected chi connectivity index (χ3v) is 5.00. The predicted molar refractivity (Wildman–Crippen MR) is 103 cm³/mol. The number of primary amides is 1. The standard InChI is InChI=1S/C21H22N4O/c1-24-13-17(12-15-8-4-2-5-9-15)19-18(14-24)20(25(23-19)21(22)26)16-10-6-3-7-11-16/h2-12,18,20H,13-14H2,1H3,(H2,22,26)/b17-12+/t18-,20+/m0/s1. The molecule has 26 heavy (non-hydrogen) atoms. The summed E-state index contributed by atoms with van der Waals surface area (Å²) < 4.78 is 0. The van der Waals surface area contributed by atoms with Crippen molar-refractivity contribution in [1.29, 1.82) is 0 Å². The fourth-order valence-electron chi connectivity index (χ4n) is 3.91. The lowest BCUT2D eigenvalue weighted by Gasteiger charge is -2.33. The van der Waals surface area contributed by atoms with Crippen molar-refractivity contribution in [2.75, 3.05) is 20.1 Å². The zero-order chi connectivity index (χ0) is 18.1. The number of fused-ring (bicyclic) bond motifs is 1. The van der Waals surface area contributed by atoms with Crippen molar-refractivity contribution in [3.63, 3.8) is 0 Å². The Morgan fingerprint density at radius 3 is 2.42 bits per heavy atom. The molecule has 5 nitrogen and oxygen atoms in total. The number of hydrazone groups is 1. The van der Waals surface area contributed by atoms with E-state index in [4.69, 9.17) is 5.73 Å². The number of hydrogen-bond acceptors (Lipinski definition) is 3. The first-order chi connectivity index (χ1) is 12.6. The number of carbonyl (C=O) groups excluding carboxylic acids is 1. The van der Waals surface area contributed by atoms with Gasteiger partial charge in [-0.15, -0.1) is 0 Å². The number of likely N-dealkylation sites (N-methyl/N-ethyl adjacent to an activating group) is 1. The van der Waals surface area contributed by atoms with E-state index in [2.05, 4.69) is 35.3 Å². The Balaban J connectivity index is 1.77. The molecule has 0 spiro atoms. The molecule has 132 valence electrons. The number of piperidine rings is 1. The molecule has 2 aliphatic rings. The molecule has 2 aromatic carbocycles. The Labute approximate surface area is 153 Å². The summed E-state index contributed by atoms with van der Waals surface area (Å²) in [5, 5.41) is 6.11. The highest BCUT2D eigenvalue weighted by Gasteiger charge is 2.44. The molecule has 1 fully saturated rings. The third-order valence-electron chi connectivity index (χ3n) is 5.00. The van der Waals surface area contributed by atoms with Gasteiger partial charge in [0.25, 0.3) is 0 Å². The van der Waals surface area contributed by atoms with E-state index in [1.165, 1.54) is 5.01 Å². The van der Waals surface area contributed by atoms with Crippen LogP contribution in [-0.2, 0) is 0 Å². The molecule has 2 aliphatic heterocycles. The predicted octanol–water partition coefficient (Wildman–Crippen LogP) is 3.12. The first-order valence-corrected chi connectivity index (χ1v) is 8.80. The van der Waals surface area contributed by atoms with Crippen LogP contribution in [0.15, 0.2) is 71.3 Å². The smallest absolute Gasteiger partial charge is 0.335 e. The summed E-state index contributed by atoms with van der Waals surface area (Å²) in [5.41, 5.74) is 9.96. The molecule has 0 bridgehead atoms. The molecule has 1 saturated heterocycles. The molecule has 2 amide bonds. The van der Waals surface area contributed by atoms with Crippen LogP contribution >= 0.6 is 0 Å². The Morgan fingerprint density at radius 1 is 1.12 bits per heavy atom. The van der Waals surface area contributed by atoms with E-state index in [1.54, 1.807) is 0 Å². The van der Waals surface area contributed by atoms with Gasteiger partial charge in [0.1, 0.15) is 0 Å². The van der Waals surface area contributed by atoms with Gasteiger partial charge < -0.3 is 10.6 Å². The van der Waals surface area contributed by atoms with Gasteiger partial charge in [-0.2, -0.15) is 5.10 Å². The highest BCUT2D eigenvalue weighted by molar-refractivity contribution is 6.08. The van der Waals surface area contributed by atoms with Gasteiger partial charge in [-0.1, -0.05) is 60.7 Å². The lowest BCUT2D eigenvalue weighted by molar-refractivity contribution is 0.176. The summed E-state index contributed by atoms with van der Waals surface area (Å²) >= 11 is 0. The van der Waals surface area contributed by atoms with Crippen LogP contribution in [0, 0.1) is 5.92 Å². The van der Waals surface area contributed by atoms with Crippen LogP contribution in [-0.4, -0.2) is 41.8 Å². The van der Waals surface area contributed by atoms with Gasteiger partial charge in [0.05, 0.1) is 11.8 Å². The summed E-state index contributed by atoms with van der Waals surface area (Å²) in [6.45, 7) is 1.65. The number of benzene rings is 2. The molecule has 2 N–H and O–H groups in total. The zero-order valence-electron chi connectivity index (χ0n) is 14.7. The van der Waals surface area contributed by atoms with Crippen molar-refractivity contribution in [3.8, 4) is 0 Å². The van der Waals surface area contributed by atoms with E-state index in [0.29, 0.717) is 0 Å². The quantitative estimate of drug-likeness (QED) is 0.908. The maximum absolute atomic E-state index is 12.1. The SMILES string of the molecule is CN1C/C(=C\c2ccccc2)C2=NN(C(N)=O)[C@H](c3ccccc3)[C@H]2C1. The summed E-state index contributed by atoms with van der Waals surface area (Å²) in [4.78, 5) is 14.4. The Morgan fingerprint density at radius 2 is 1.77 bits per heavy atom. The number of hydrogen-bond donors (Lipinski definition) is 1. The molecule has 0 aromatic heterocycles. The van der Waals surface area contributed by atoms with Gasteiger partial charge in [-0.3, -0.25) is 0 Å². The van der Waals surface area contributed by atoms with Crippen molar-refractivity contribution in [2.45, 2.75) is 6.04 Å². The number of carbonyl (C=O) groups is 1. The van der Waals surface area contributed by atoms with Gasteiger partial charge in [0.15, 0.2) is 0 Å². The lowest BCUT2D eigenvalue weighted by atomic mass is 9.83. The van der Waals surface area contributed by atoms with Gasteiger partial charge in [0.2, 0.25) is 0 Å². The zero-order valence-corrected chi connectivity index (χ0v) is 14.7. The average molecular weight is 346 g/mol. The number of nitrogens with zero attached hydrogens (tertiary/aromatic N) is 3. The first kappa shape index (κ1) is 16.5. The van der Waals surface area contributed by atoms with E-state index >= 15 is 0 Å². The monoisotopic (exact) mass is 346 g/mol. The van der Waals surface area contributed by atoms with Crippen LogP contribution in [0.3, 0.4) is 0 Å². The van der Waals surface area contributed by atoms with Crippen molar-refractivity contribution in [2.24, 2.45) is 16.8 Å². The minimum atomic E-state index is -0.512. The van der Waals surface area contributed by atoms with Crippen LogP contribution in [0.1, 0.15) is 17.2 Å². The number of urea groups is 1. The Bertz CT molecular complexity index is 860. The van der Waals surface area contributed by atoms with Crippen LogP contribution in [0.25, 0.3) is 6.08 Å². The van der Waals surface area contributed by atoms with Crippen LogP contribution in [0.5, 0.6) is 0 Å². The molecular weight excluding hydrogens is 324 g/mol. The minimum absolute atomic E-state index is 0.110. The third kappa shape index (κ3) is 3.02. The number of rotatable bonds is 2. The van der Waals surface area contributed by atoms with Crippen molar-refractivity contribution >= 4 is 17.8 Å². The van der Waals surface area contributed by atoms with Gasteiger partial charge in [-0.25, -0.2) is 9.80 Å². The van der Waals surface area contributed by atoms with Crippen molar-refractivity contribution in [1.82, 2.24) is 9.91 Å². The van der Waals surface area contributed by atoms with E-state index in [-0.39, 0.29) is 12.0 Å².